The van der Waals surface area contributed by atoms with Crippen molar-refractivity contribution in [2.24, 2.45) is 0 Å². The summed E-state index contributed by atoms with van der Waals surface area (Å²) in [6.45, 7) is 13.1. The lowest BCUT2D eigenvalue weighted by Crippen LogP contribution is -2.50. The van der Waals surface area contributed by atoms with Gasteiger partial charge in [-0.2, -0.15) is 0 Å². The van der Waals surface area contributed by atoms with Crippen molar-refractivity contribution < 1.29 is 14.0 Å². The number of rotatable bonds is 3. The molecule has 0 aliphatic heterocycles. The van der Waals surface area contributed by atoms with Crippen LogP contribution in [0.2, 0.25) is 18.1 Å². The Bertz CT molecular complexity index is 366. The van der Waals surface area contributed by atoms with Gasteiger partial charge in [-0.05, 0) is 25.1 Å². The number of methoxy groups -OCH3 is 1. The molecule has 0 saturated carbocycles. The molecule has 0 amide bonds. The second-order valence-electron chi connectivity index (χ2n) is 6.95. The van der Waals surface area contributed by atoms with Crippen LogP contribution in [0.3, 0.4) is 0 Å². The number of hydrogen-bond acceptors (Lipinski definition) is 3. The molecule has 4 heteroatoms. The summed E-state index contributed by atoms with van der Waals surface area (Å²) < 4.78 is 11.7. The van der Waals surface area contributed by atoms with Crippen LogP contribution in [0.25, 0.3) is 0 Å². The zero-order valence-corrected chi connectivity index (χ0v) is 13.7. The first-order valence-electron chi connectivity index (χ1n) is 6.47. The smallest absolute Gasteiger partial charge is 0.192 e. The maximum absolute atomic E-state index is 11.8. The second-order valence-corrected chi connectivity index (χ2v) is 11.7. The Hall–Kier alpha value is -0.613. The first kappa shape index (κ1) is 15.4. The van der Waals surface area contributed by atoms with E-state index in [4.69, 9.17) is 9.16 Å². The highest BCUT2D eigenvalue weighted by atomic mass is 28.4. The lowest BCUT2D eigenvalue weighted by atomic mass is 9.89. The summed E-state index contributed by atoms with van der Waals surface area (Å²) in [6, 6.07) is 0. The molecular weight excluding hydrogens is 244 g/mol. The maximum Gasteiger partial charge on any atom is 0.192 e. The SMILES string of the molecule is COC1=CC(=O)C[C@@](C)(O[Si](C)(C)C(C)(C)C)C1. The zero-order valence-electron chi connectivity index (χ0n) is 12.7. The largest absolute Gasteiger partial charge is 0.501 e. The van der Waals surface area contributed by atoms with Gasteiger partial charge < -0.3 is 9.16 Å². The Kier molecular flexibility index (Phi) is 4.13. The first-order chi connectivity index (χ1) is 7.99. The van der Waals surface area contributed by atoms with Crippen molar-refractivity contribution in [2.45, 2.75) is 64.3 Å². The van der Waals surface area contributed by atoms with Crippen LogP contribution in [-0.2, 0) is 14.0 Å². The molecule has 0 aromatic rings. The van der Waals surface area contributed by atoms with Gasteiger partial charge in [-0.1, -0.05) is 20.8 Å². The normalized spacial score (nSPS) is 25.9. The zero-order chi connectivity index (χ0) is 14.2. The van der Waals surface area contributed by atoms with Crippen molar-refractivity contribution in [2.75, 3.05) is 7.11 Å². The fourth-order valence-corrected chi connectivity index (χ4v) is 3.74. The predicted molar refractivity (Wildman–Crippen MR) is 76.0 cm³/mol. The highest BCUT2D eigenvalue weighted by molar-refractivity contribution is 6.74. The summed E-state index contributed by atoms with van der Waals surface area (Å²) in [6.07, 6.45) is 2.73. The molecule has 0 radical (unpaired) electrons. The molecule has 0 heterocycles. The van der Waals surface area contributed by atoms with E-state index in [-0.39, 0.29) is 10.8 Å². The van der Waals surface area contributed by atoms with Crippen LogP contribution in [0.5, 0.6) is 0 Å². The number of allylic oxidation sites excluding steroid dienone is 1. The van der Waals surface area contributed by atoms with E-state index in [1.54, 1.807) is 13.2 Å². The molecule has 0 fully saturated rings. The Morgan fingerprint density at radius 1 is 1.28 bits per heavy atom. The monoisotopic (exact) mass is 270 g/mol. The minimum atomic E-state index is -1.87. The van der Waals surface area contributed by atoms with Crippen molar-refractivity contribution in [1.82, 2.24) is 0 Å². The Labute approximate surface area is 112 Å². The number of carbonyl (C=O) groups excluding carboxylic acids is 1. The van der Waals surface area contributed by atoms with E-state index < -0.39 is 13.9 Å². The molecule has 0 aromatic carbocycles. The number of ether oxygens (including phenoxy) is 1. The minimum absolute atomic E-state index is 0.0966. The molecule has 1 atom stereocenters. The van der Waals surface area contributed by atoms with Crippen molar-refractivity contribution in [3.05, 3.63) is 11.8 Å². The molecule has 1 aliphatic rings. The van der Waals surface area contributed by atoms with Crippen LogP contribution in [-0.4, -0.2) is 26.8 Å². The third-order valence-electron chi connectivity index (χ3n) is 3.99. The second kappa shape index (κ2) is 4.81. The van der Waals surface area contributed by atoms with E-state index >= 15 is 0 Å². The van der Waals surface area contributed by atoms with E-state index in [1.165, 1.54) is 0 Å². The van der Waals surface area contributed by atoms with E-state index in [9.17, 15) is 4.79 Å². The van der Waals surface area contributed by atoms with E-state index in [1.807, 2.05) is 6.92 Å². The summed E-state index contributed by atoms with van der Waals surface area (Å²) in [5.41, 5.74) is -0.416. The van der Waals surface area contributed by atoms with Gasteiger partial charge in [0.2, 0.25) is 0 Å². The fraction of sp³-hybridized carbons (Fsp3) is 0.786. The van der Waals surface area contributed by atoms with Crippen molar-refractivity contribution in [3.63, 3.8) is 0 Å². The maximum atomic E-state index is 11.8. The standard InChI is InChI=1S/C14H26O3Si/c1-13(2,3)18(6,7)17-14(4)9-11(15)8-12(10-14)16-5/h8H,9-10H2,1-7H3/t14-/m1/s1. The molecule has 18 heavy (non-hydrogen) atoms. The lowest BCUT2D eigenvalue weighted by molar-refractivity contribution is -0.119. The Balaban J connectivity index is 2.90. The summed E-state index contributed by atoms with van der Waals surface area (Å²) in [5, 5.41) is 0.146. The molecular formula is C14H26O3Si. The van der Waals surface area contributed by atoms with E-state index in [2.05, 4.69) is 33.9 Å². The molecule has 0 bridgehead atoms. The van der Waals surface area contributed by atoms with Gasteiger partial charge in [0, 0.05) is 18.9 Å². The average Bonchev–Trinajstić information content (AvgIpc) is 2.12. The van der Waals surface area contributed by atoms with E-state index in [0.717, 1.165) is 5.76 Å². The lowest BCUT2D eigenvalue weighted by Gasteiger charge is -2.45. The van der Waals surface area contributed by atoms with Gasteiger partial charge in [0.15, 0.2) is 14.1 Å². The van der Waals surface area contributed by atoms with Gasteiger partial charge in [0.05, 0.1) is 12.7 Å². The fourth-order valence-electron chi connectivity index (χ4n) is 2.05. The van der Waals surface area contributed by atoms with Crippen molar-refractivity contribution >= 4 is 14.1 Å². The predicted octanol–water partition coefficient (Wildman–Crippen LogP) is 3.66. The minimum Gasteiger partial charge on any atom is -0.501 e. The molecule has 0 N–H and O–H groups in total. The molecule has 3 nitrogen and oxygen atoms in total. The highest BCUT2D eigenvalue weighted by Crippen LogP contribution is 2.42. The average molecular weight is 270 g/mol. The van der Waals surface area contributed by atoms with Crippen molar-refractivity contribution in [3.8, 4) is 0 Å². The summed E-state index contributed by atoms with van der Waals surface area (Å²) in [7, 11) is -0.263. The van der Waals surface area contributed by atoms with Crippen LogP contribution in [0.15, 0.2) is 11.8 Å². The molecule has 1 rings (SSSR count). The molecule has 0 spiro atoms. The first-order valence-corrected chi connectivity index (χ1v) is 9.37. The van der Waals surface area contributed by atoms with Crippen LogP contribution < -0.4 is 0 Å². The number of hydrogen-bond donors (Lipinski definition) is 0. The van der Waals surface area contributed by atoms with Crippen LogP contribution in [0, 0.1) is 0 Å². The molecule has 0 unspecified atom stereocenters. The van der Waals surface area contributed by atoms with E-state index in [0.29, 0.717) is 12.8 Å². The summed E-state index contributed by atoms with van der Waals surface area (Å²) in [4.78, 5) is 11.8. The van der Waals surface area contributed by atoms with Crippen LogP contribution in [0.4, 0.5) is 0 Å². The van der Waals surface area contributed by atoms with Crippen LogP contribution in [0.1, 0.15) is 40.5 Å². The molecule has 1 aliphatic carbocycles. The quantitative estimate of drug-likeness (QED) is 0.734. The number of carbonyl (C=O) groups is 1. The van der Waals surface area contributed by atoms with Gasteiger partial charge in [-0.15, -0.1) is 0 Å². The highest BCUT2D eigenvalue weighted by Gasteiger charge is 2.45. The third kappa shape index (κ3) is 3.45. The third-order valence-corrected chi connectivity index (χ3v) is 8.60. The Morgan fingerprint density at radius 3 is 2.28 bits per heavy atom. The van der Waals surface area contributed by atoms with Gasteiger partial charge in [0.1, 0.15) is 5.76 Å². The summed E-state index contributed by atoms with van der Waals surface area (Å²) >= 11 is 0. The topological polar surface area (TPSA) is 35.5 Å². The Morgan fingerprint density at radius 2 is 1.83 bits per heavy atom. The molecule has 0 saturated heterocycles. The number of ketones is 1. The van der Waals surface area contributed by atoms with Crippen LogP contribution >= 0.6 is 0 Å². The molecule has 0 aromatic heterocycles. The van der Waals surface area contributed by atoms with Crippen molar-refractivity contribution in [1.29, 1.82) is 0 Å². The summed E-state index contributed by atoms with van der Waals surface area (Å²) in [5.74, 6) is 0.826. The van der Waals surface area contributed by atoms with Gasteiger partial charge >= 0.3 is 0 Å². The van der Waals surface area contributed by atoms with Gasteiger partial charge in [-0.25, -0.2) is 0 Å². The van der Waals surface area contributed by atoms with Gasteiger partial charge in [0.25, 0.3) is 0 Å². The van der Waals surface area contributed by atoms with Gasteiger partial charge in [-0.3, -0.25) is 4.79 Å². The molecule has 104 valence electrons.